The van der Waals surface area contributed by atoms with E-state index in [1.54, 1.807) is 12.1 Å². The molecule has 5 nitrogen and oxygen atoms in total. The Hall–Kier alpha value is -0.670. The molecule has 0 aliphatic heterocycles. The number of rotatable bonds is 5. The fraction of sp³-hybridized carbons (Fsp3) is 0.231. The molecular weight excluding hydrogens is 424 g/mol. The van der Waals surface area contributed by atoms with E-state index in [4.69, 9.17) is 9.56 Å². The molecule has 0 radical (unpaired) electrons. The molecule has 1 aromatic heterocycles. The van der Waals surface area contributed by atoms with E-state index in [2.05, 4.69) is 37.2 Å². The quantitative estimate of drug-likeness (QED) is 0.751. The van der Waals surface area contributed by atoms with Crippen molar-refractivity contribution in [2.45, 2.75) is 24.4 Å². The highest BCUT2D eigenvalue weighted by Gasteiger charge is 2.11. The SMILES string of the molecule is CC(NCc1cc(Br)c(Br)o1)c1ccc(S(N)(=O)=O)cc1. The molecule has 1 heterocycles. The van der Waals surface area contributed by atoms with Crippen LogP contribution in [0.15, 0.2) is 48.8 Å². The van der Waals surface area contributed by atoms with E-state index in [-0.39, 0.29) is 10.9 Å². The highest BCUT2D eigenvalue weighted by atomic mass is 79.9. The van der Waals surface area contributed by atoms with Gasteiger partial charge in [0.05, 0.1) is 15.9 Å². The molecule has 114 valence electrons. The van der Waals surface area contributed by atoms with Gasteiger partial charge in [-0.2, -0.15) is 0 Å². The summed E-state index contributed by atoms with van der Waals surface area (Å²) in [6, 6.07) is 8.42. The van der Waals surface area contributed by atoms with Gasteiger partial charge in [-0.15, -0.1) is 0 Å². The topological polar surface area (TPSA) is 85.3 Å². The highest BCUT2D eigenvalue weighted by molar-refractivity contribution is 9.13. The molecule has 0 aliphatic rings. The third-order valence-electron chi connectivity index (χ3n) is 2.99. The maximum Gasteiger partial charge on any atom is 0.238 e. The summed E-state index contributed by atoms with van der Waals surface area (Å²) in [6.07, 6.45) is 0. The maximum atomic E-state index is 11.2. The van der Waals surface area contributed by atoms with Gasteiger partial charge >= 0.3 is 0 Å². The smallest absolute Gasteiger partial charge is 0.238 e. The third-order valence-corrected chi connectivity index (χ3v) is 5.63. The zero-order chi connectivity index (χ0) is 15.6. The Kier molecular flexibility index (Phi) is 5.26. The van der Waals surface area contributed by atoms with Gasteiger partial charge in [0.25, 0.3) is 0 Å². The van der Waals surface area contributed by atoms with Crippen molar-refractivity contribution in [2.24, 2.45) is 5.14 Å². The van der Waals surface area contributed by atoms with Crippen LogP contribution in [-0.4, -0.2) is 8.42 Å². The summed E-state index contributed by atoms with van der Waals surface area (Å²) >= 11 is 6.64. The minimum Gasteiger partial charge on any atom is -0.452 e. The van der Waals surface area contributed by atoms with Crippen LogP contribution in [0.25, 0.3) is 0 Å². The number of benzene rings is 1. The molecule has 2 aromatic rings. The van der Waals surface area contributed by atoms with Gasteiger partial charge in [-0.1, -0.05) is 12.1 Å². The number of halogens is 2. The average molecular weight is 438 g/mol. The summed E-state index contributed by atoms with van der Waals surface area (Å²) in [5.74, 6) is 0.793. The summed E-state index contributed by atoms with van der Waals surface area (Å²) in [5.41, 5.74) is 0.965. The lowest BCUT2D eigenvalue weighted by molar-refractivity contribution is 0.446. The standard InChI is InChI=1S/C13H14Br2N2O3S/c1-8(17-7-10-6-12(14)13(15)20-10)9-2-4-11(5-3-9)21(16,18)19/h2-6,8,17H,7H2,1H3,(H2,16,18,19). The fourth-order valence-electron chi connectivity index (χ4n) is 1.80. The van der Waals surface area contributed by atoms with Crippen molar-refractivity contribution < 1.29 is 12.8 Å². The number of hydrogen-bond acceptors (Lipinski definition) is 4. The minimum atomic E-state index is -3.65. The lowest BCUT2D eigenvalue weighted by Gasteiger charge is -2.13. The van der Waals surface area contributed by atoms with Crippen LogP contribution in [-0.2, 0) is 16.6 Å². The zero-order valence-corrected chi connectivity index (χ0v) is 15.1. The van der Waals surface area contributed by atoms with Crippen LogP contribution in [0.5, 0.6) is 0 Å². The summed E-state index contributed by atoms with van der Waals surface area (Å²) in [6.45, 7) is 2.54. The lowest BCUT2D eigenvalue weighted by Crippen LogP contribution is -2.18. The highest BCUT2D eigenvalue weighted by Crippen LogP contribution is 2.27. The number of sulfonamides is 1. The largest absolute Gasteiger partial charge is 0.452 e. The molecule has 0 bridgehead atoms. The molecule has 0 aliphatic carbocycles. The van der Waals surface area contributed by atoms with Gasteiger partial charge in [0.2, 0.25) is 10.0 Å². The van der Waals surface area contributed by atoms with Gasteiger partial charge in [0, 0.05) is 6.04 Å². The molecule has 1 aromatic carbocycles. The van der Waals surface area contributed by atoms with E-state index in [0.29, 0.717) is 11.2 Å². The molecule has 0 fully saturated rings. The molecule has 1 unspecified atom stereocenters. The van der Waals surface area contributed by atoms with E-state index < -0.39 is 10.0 Å². The first-order valence-electron chi connectivity index (χ1n) is 6.07. The van der Waals surface area contributed by atoms with Gasteiger partial charge < -0.3 is 9.73 Å². The molecule has 0 saturated heterocycles. The van der Waals surface area contributed by atoms with Crippen LogP contribution in [0.3, 0.4) is 0 Å². The lowest BCUT2D eigenvalue weighted by atomic mass is 10.1. The molecular formula is C13H14Br2N2O3S. The Bertz CT molecular complexity index is 707. The van der Waals surface area contributed by atoms with Crippen molar-refractivity contribution in [1.82, 2.24) is 5.32 Å². The van der Waals surface area contributed by atoms with Gasteiger partial charge in [0.15, 0.2) is 4.67 Å². The number of primary sulfonamides is 1. The number of hydrogen-bond donors (Lipinski definition) is 2. The molecule has 1 atom stereocenters. The molecule has 8 heteroatoms. The van der Waals surface area contributed by atoms with Gasteiger partial charge in [-0.05, 0) is 62.5 Å². The third kappa shape index (κ3) is 4.40. The zero-order valence-electron chi connectivity index (χ0n) is 11.1. The van der Waals surface area contributed by atoms with Crippen LogP contribution >= 0.6 is 31.9 Å². The molecule has 0 spiro atoms. The van der Waals surface area contributed by atoms with Gasteiger partial charge in [-0.25, -0.2) is 13.6 Å². The second-order valence-corrected chi connectivity index (χ2v) is 7.69. The molecule has 0 saturated carbocycles. The van der Waals surface area contributed by atoms with Crippen LogP contribution < -0.4 is 10.5 Å². The number of nitrogens with one attached hydrogen (secondary N) is 1. The first-order valence-corrected chi connectivity index (χ1v) is 9.20. The Labute approximate surface area is 140 Å². The first kappa shape index (κ1) is 16.7. The van der Waals surface area contributed by atoms with Crippen LogP contribution in [0.4, 0.5) is 0 Å². The van der Waals surface area contributed by atoms with Crippen molar-refractivity contribution in [2.75, 3.05) is 0 Å². The van der Waals surface area contributed by atoms with Gasteiger partial charge in [0.1, 0.15) is 5.76 Å². The summed E-state index contributed by atoms with van der Waals surface area (Å²) < 4.78 is 29.4. The van der Waals surface area contributed by atoms with E-state index in [1.807, 2.05) is 13.0 Å². The first-order chi connectivity index (χ1) is 9.77. The van der Waals surface area contributed by atoms with E-state index in [1.165, 1.54) is 12.1 Å². The van der Waals surface area contributed by atoms with Gasteiger partial charge in [-0.3, -0.25) is 0 Å². The molecule has 2 rings (SSSR count). The normalized spacial score (nSPS) is 13.3. The maximum absolute atomic E-state index is 11.2. The van der Waals surface area contributed by atoms with Crippen LogP contribution in [0.1, 0.15) is 24.3 Å². The Morgan fingerprint density at radius 3 is 2.38 bits per heavy atom. The van der Waals surface area contributed by atoms with E-state index >= 15 is 0 Å². The van der Waals surface area contributed by atoms with Crippen molar-refractivity contribution >= 4 is 41.9 Å². The predicted molar refractivity (Wildman–Crippen MR) is 87.2 cm³/mol. The summed E-state index contributed by atoms with van der Waals surface area (Å²) in [4.78, 5) is 0.109. The van der Waals surface area contributed by atoms with Crippen LogP contribution in [0, 0.1) is 0 Å². The number of nitrogens with two attached hydrogens (primary N) is 1. The van der Waals surface area contributed by atoms with E-state index in [9.17, 15) is 8.42 Å². The second-order valence-electron chi connectivity index (χ2n) is 4.55. The van der Waals surface area contributed by atoms with Crippen molar-refractivity contribution in [3.05, 3.63) is 50.8 Å². The summed E-state index contributed by atoms with van der Waals surface area (Å²) in [5, 5.41) is 8.37. The minimum absolute atomic E-state index is 0.0437. The molecule has 21 heavy (non-hydrogen) atoms. The van der Waals surface area contributed by atoms with Crippen molar-refractivity contribution in [1.29, 1.82) is 0 Å². The molecule has 3 N–H and O–H groups in total. The monoisotopic (exact) mass is 436 g/mol. The second kappa shape index (κ2) is 6.62. The van der Waals surface area contributed by atoms with Crippen molar-refractivity contribution in [3.8, 4) is 0 Å². The molecule has 0 amide bonds. The Morgan fingerprint density at radius 2 is 1.90 bits per heavy atom. The Morgan fingerprint density at radius 1 is 1.29 bits per heavy atom. The summed E-state index contributed by atoms with van der Waals surface area (Å²) in [7, 11) is -3.65. The van der Waals surface area contributed by atoms with E-state index in [0.717, 1.165) is 15.8 Å². The van der Waals surface area contributed by atoms with Crippen molar-refractivity contribution in [3.63, 3.8) is 0 Å². The fourth-order valence-corrected chi connectivity index (χ4v) is 2.97. The predicted octanol–water partition coefficient (Wildman–Crippen LogP) is 3.30. The van der Waals surface area contributed by atoms with Crippen LogP contribution in [0.2, 0.25) is 0 Å². The Balaban J connectivity index is 2.01. The number of furan rings is 1. The average Bonchev–Trinajstić information content (AvgIpc) is 2.74.